The molecule has 0 unspecified atom stereocenters. The van der Waals surface area contributed by atoms with Crippen molar-refractivity contribution >= 4 is 39.1 Å². The lowest BCUT2D eigenvalue weighted by atomic mass is 10.1. The summed E-state index contributed by atoms with van der Waals surface area (Å²) in [5, 5.41) is 0.131. The average Bonchev–Trinajstić information content (AvgIpc) is 2.53. The van der Waals surface area contributed by atoms with Crippen LogP contribution in [0.1, 0.15) is 27.6 Å². The Bertz CT molecular complexity index is 944. The fourth-order valence-corrected chi connectivity index (χ4v) is 2.81. The minimum Gasteiger partial charge on any atom is -0.451 e. The molecule has 9 heteroatoms. The second-order valence-electron chi connectivity index (χ2n) is 5.49. The van der Waals surface area contributed by atoms with Crippen molar-refractivity contribution < 1.29 is 27.1 Å². The molecule has 0 amide bonds. The van der Waals surface area contributed by atoms with Gasteiger partial charge >= 0.3 is 5.97 Å². The molecule has 0 saturated heterocycles. The Hall–Kier alpha value is -2.45. The van der Waals surface area contributed by atoms with Crippen LogP contribution < -0.4 is 4.72 Å². The Balaban J connectivity index is 2.08. The minimum atomic E-state index is -3.43. The summed E-state index contributed by atoms with van der Waals surface area (Å²) >= 11 is 5.62. The smallest absolute Gasteiger partial charge is 0.341 e. The van der Waals surface area contributed by atoms with Crippen LogP contribution >= 0.6 is 11.6 Å². The summed E-state index contributed by atoms with van der Waals surface area (Å²) in [6.07, 6.45) is -0.157. The fraction of sp³-hybridized carbons (Fsp3) is 0.176. The van der Waals surface area contributed by atoms with Crippen molar-refractivity contribution in [3.63, 3.8) is 0 Å². The minimum absolute atomic E-state index is 0.131. The van der Waals surface area contributed by atoms with Gasteiger partial charge in [-0.3, -0.25) is 9.52 Å². The first-order valence-corrected chi connectivity index (χ1v) is 9.62. The Labute approximate surface area is 155 Å². The maximum absolute atomic E-state index is 13.7. The molecule has 2 aromatic rings. The van der Waals surface area contributed by atoms with Crippen LogP contribution in [0.15, 0.2) is 42.5 Å². The number of ether oxygens (including phenoxy) is 1. The third-order valence-electron chi connectivity index (χ3n) is 3.28. The molecular formula is C17H15ClFNO5S. The summed E-state index contributed by atoms with van der Waals surface area (Å²) < 4.78 is 43.3. The van der Waals surface area contributed by atoms with Gasteiger partial charge in [0.05, 0.1) is 11.8 Å². The monoisotopic (exact) mass is 399 g/mol. The van der Waals surface area contributed by atoms with E-state index in [9.17, 15) is 22.4 Å². The summed E-state index contributed by atoms with van der Waals surface area (Å²) in [4.78, 5) is 24.3. The van der Waals surface area contributed by atoms with E-state index in [1.54, 1.807) is 0 Å². The first kappa shape index (κ1) is 19.9. The second-order valence-corrected chi connectivity index (χ2v) is 7.67. The van der Waals surface area contributed by atoms with Gasteiger partial charge in [-0.15, -0.1) is 0 Å². The van der Waals surface area contributed by atoms with Crippen molar-refractivity contribution in [2.45, 2.75) is 13.0 Å². The van der Waals surface area contributed by atoms with E-state index in [1.165, 1.54) is 43.3 Å². The fourth-order valence-electron chi connectivity index (χ4n) is 2.08. The van der Waals surface area contributed by atoms with Crippen molar-refractivity contribution in [2.75, 3.05) is 11.0 Å². The molecule has 0 aliphatic carbocycles. The Kier molecular flexibility index (Phi) is 5.99. The largest absolute Gasteiger partial charge is 0.451 e. The number of hydrogen-bond donors (Lipinski definition) is 1. The predicted molar refractivity (Wildman–Crippen MR) is 95.5 cm³/mol. The number of carbonyl (C=O) groups is 2. The van der Waals surface area contributed by atoms with Gasteiger partial charge in [0.2, 0.25) is 15.8 Å². The van der Waals surface area contributed by atoms with E-state index in [2.05, 4.69) is 4.72 Å². The van der Waals surface area contributed by atoms with Crippen molar-refractivity contribution in [1.82, 2.24) is 0 Å². The van der Waals surface area contributed by atoms with Crippen molar-refractivity contribution in [3.8, 4) is 0 Å². The van der Waals surface area contributed by atoms with Gasteiger partial charge in [-0.1, -0.05) is 11.6 Å². The summed E-state index contributed by atoms with van der Waals surface area (Å²) in [6.45, 7) is 1.36. The first-order chi connectivity index (χ1) is 12.1. The highest BCUT2D eigenvalue weighted by Crippen LogP contribution is 2.18. The molecule has 0 fully saturated rings. The molecule has 0 bridgehead atoms. The highest BCUT2D eigenvalue weighted by Gasteiger charge is 2.22. The van der Waals surface area contributed by atoms with Gasteiger partial charge in [0.15, 0.2) is 6.10 Å². The van der Waals surface area contributed by atoms with E-state index in [0.29, 0.717) is 0 Å². The van der Waals surface area contributed by atoms with Crippen LogP contribution in [-0.2, 0) is 14.8 Å². The molecule has 0 radical (unpaired) electrons. The molecule has 1 atom stereocenters. The quantitative estimate of drug-likeness (QED) is 0.594. The third kappa shape index (κ3) is 5.27. The number of ketones is 1. The lowest BCUT2D eigenvalue weighted by Gasteiger charge is -2.13. The molecule has 0 heterocycles. The Morgan fingerprint density at radius 1 is 1.15 bits per heavy atom. The highest BCUT2D eigenvalue weighted by atomic mass is 35.5. The van der Waals surface area contributed by atoms with Crippen LogP contribution in [0, 0.1) is 5.82 Å². The van der Waals surface area contributed by atoms with Gasteiger partial charge in [-0.05, 0) is 49.4 Å². The summed E-state index contributed by atoms with van der Waals surface area (Å²) in [5.41, 5.74) is 0.166. The van der Waals surface area contributed by atoms with Gasteiger partial charge in [-0.25, -0.2) is 17.6 Å². The Morgan fingerprint density at radius 3 is 2.31 bits per heavy atom. The van der Waals surface area contributed by atoms with Crippen molar-refractivity contribution in [1.29, 1.82) is 0 Å². The zero-order chi connectivity index (χ0) is 19.5. The summed E-state index contributed by atoms with van der Waals surface area (Å²) in [6, 6.07) is 9.07. The Morgan fingerprint density at radius 2 is 1.77 bits per heavy atom. The van der Waals surface area contributed by atoms with Gasteiger partial charge in [-0.2, -0.15) is 0 Å². The lowest BCUT2D eigenvalue weighted by Crippen LogP contribution is -2.25. The van der Waals surface area contributed by atoms with E-state index in [4.69, 9.17) is 16.3 Å². The van der Waals surface area contributed by atoms with E-state index < -0.39 is 33.7 Å². The molecule has 6 nitrogen and oxygen atoms in total. The predicted octanol–water partition coefficient (Wildman–Crippen LogP) is 3.28. The van der Waals surface area contributed by atoms with Crippen LogP contribution in [0.4, 0.5) is 10.1 Å². The van der Waals surface area contributed by atoms with E-state index >= 15 is 0 Å². The number of carbonyl (C=O) groups excluding carboxylic acids is 2. The molecule has 0 aliphatic heterocycles. The molecule has 1 N–H and O–H groups in total. The van der Waals surface area contributed by atoms with Gasteiger partial charge < -0.3 is 4.74 Å². The second kappa shape index (κ2) is 7.84. The molecule has 138 valence electrons. The number of nitrogens with one attached hydrogen (secondary N) is 1. The maximum atomic E-state index is 13.7. The summed E-state index contributed by atoms with van der Waals surface area (Å²) in [5.74, 6) is -2.35. The molecule has 2 rings (SSSR count). The van der Waals surface area contributed by atoms with Crippen LogP contribution in [0.5, 0.6) is 0 Å². The molecular weight excluding hydrogens is 385 g/mol. The standard InChI is InChI=1S/C17H15ClFNO5S/c1-10(25-17(22)14-8-5-12(18)9-15(14)19)16(21)11-3-6-13(7-4-11)20-26(2,23)24/h3-10,20H,1-2H3/t10-/m0/s1. The highest BCUT2D eigenvalue weighted by molar-refractivity contribution is 7.92. The number of halogens is 2. The number of anilines is 1. The third-order valence-corrected chi connectivity index (χ3v) is 4.12. The van der Waals surface area contributed by atoms with Crippen LogP contribution in [0.3, 0.4) is 0 Å². The SMILES string of the molecule is C[C@H](OC(=O)c1ccc(Cl)cc1F)C(=O)c1ccc(NS(C)(=O)=O)cc1. The zero-order valence-corrected chi connectivity index (χ0v) is 15.4. The number of sulfonamides is 1. The van der Waals surface area contributed by atoms with E-state index in [0.717, 1.165) is 12.3 Å². The molecule has 0 saturated carbocycles. The van der Waals surface area contributed by atoms with Gasteiger partial charge in [0, 0.05) is 16.3 Å². The maximum Gasteiger partial charge on any atom is 0.341 e. The summed E-state index contributed by atoms with van der Waals surface area (Å²) in [7, 11) is -3.43. The molecule has 0 aliphatic rings. The lowest BCUT2D eigenvalue weighted by molar-refractivity contribution is 0.0314. The average molecular weight is 400 g/mol. The van der Waals surface area contributed by atoms with E-state index in [-0.39, 0.29) is 21.8 Å². The van der Waals surface area contributed by atoms with Crippen molar-refractivity contribution in [2.24, 2.45) is 0 Å². The van der Waals surface area contributed by atoms with Gasteiger partial charge in [0.1, 0.15) is 5.82 Å². The number of rotatable bonds is 6. The number of esters is 1. The first-order valence-electron chi connectivity index (χ1n) is 7.35. The van der Waals surface area contributed by atoms with E-state index in [1.807, 2.05) is 0 Å². The number of hydrogen-bond acceptors (Lipinski definition) is 5. The topological polar surface area (TPSA) is 89.5 Å². The number of benzene rings is 2. The zero-order valence-electron chi connectivity index (χ0n) is 13.8. The molecule has 0 spiro atoms. The van der Waals surface area contributed by atoms with Crippen LogP contribution in [0.25, 0.3) is 0 Å². The number of Topliss-reactive ketones (excluding diaryl/α,β-unsaturated/α-hetero) is 1. The van der Waals surface area contributed by atoms with Gasteiger partial charge in [0.25, 0.3) is 0 Å². The molecule has 2 aromatic carbocycles. The van der Waals surface area contributed by atoms with Crippen molar-refractivity contribution in [3.05, 3.63) is 64.4 Å². The van der Waals surface area contributed by atoms with Crippen LogP contribution in [0.2, 0.25) is 5.02 Å². The normalized spacial score (nSPS) is 12.3. The van der Waals surface area contributed by atoms with Crippen LogP contribution in [-0.4, -0.2) is 32.5 Å². The molecule has 0 aromatic heterocycles. The molecule has 26 heavy (non-hydrogen) atoms.